The number of fused-ring (bicyclic) bond motifs is 2. The van der Waals surface area contributed by atoms with Crippen molar-refractivity contribution in [2.45, 2.75) is 0 Å². The Balaban J connectivity index is 2.48. The van der Waals surface area contributed by atoms with Crippen LogP contribution in [0.25, 0.3) is 45.3 Å². The van der Waals surface area contributed by atoms with E-state index in [1.165, 1.54) is 15.5 Å². The summed E-state index contributed by atoms with van der Waals surface area (Å²) < 4.78 is 1.23. The Hall–Kier alpha value is -2.32. The van der Waals surface area contributed by atoms with Gasteiger partial charge in [-0.25, -0.2) is 0 Å². The SMILES string of the molecule is C=Cc1[nH]c2cc3sc(C=C)c(C=C)c3cc2c1C=C. The third kappa shape index (κ3) is 1.62. The summed E-state index contributed by atoms with van der Waals surface area (Å²) in [5.41, 5.74) is 4.36. The Labute approximate surface area is 122 Å². The fraction of sp³-hybridized carbons (Fsp3) is 0. The van der Waals surface area contributed by atoms with Crippen LogP contribution in [0, 0.1) is 0 Å². The summed E-state index contributed by atoms with van der Waals surface area (Å²) in [5.74, 6) is 0. The van der Waals surface area contributed by atoms with E-state index in [0.717, 1.165) is 27.2 Å². The zero-order chi connectivity index (χ0) is 14.3. The van der Waals surface area contributed by atoms with Crippen LogP contribution in [0.2, 0.25) is 0 Å². The monoisotopic (exact) mass is 277 g/mol. The van der Waals surface area contributed by atoms with E-state index in [2.05, 4.69) is 43.4 Å². The molecule has 1 N–H and O–H groups in total. The molecule has 0 spiro atoms. The maximum absolute atomic E-state index is 3.92. The van der Waals surface area contributed by atoms with Crippen molar-refractivity contribution >= 4 is 56.6 Å². The topological polar surface area (TPSA) is 15.8 Å². The van der Waals surface area contributed by atoms with E-state index in [1.807, 2.05) is 24.3 Å². The molecule has 1 aromatic carbocycles. The van der Waals surface area contributed by atoms with Crippen molar-refractivity contribution in [2.24, 2.45) is 0 Å². The van der Waals surface area contributed by atoms with Gasteiger partial charge in [-0.2, -0.15) is 0 Å². The van der Waals surface area contributed by atoms with E-state index in [9.17, 15) is 0 Å². The van der Waals surface area contributed by atoms with Crippen LogP contribution in [0.3, 0.4) is 0 Å². The van der Waals surface area contributed by atoms with Gasteiger partial charge in [-0.1, -0.05) is 44.5 Å². The molecule has 0 bridgehead atoms. The predicted octanol–water partition coefficient (Wildman–Crippen LogP) is 5.95. The van der Waals surface area contributed by atoms with E-state index in [0.29, 0.717) is 0 Å². The third-order valence-corrected chi connectivity index (χ3v) is 4.71. The minimum Gasteiger partial charge on any atom is -0.354 e. The van der Waals surface area contributed by atoms with Gasteiger partial charge in [-0.15, -0.1) is 11.3 Å². The zero-order valence-corrected chi connectivity index (χ0v) is 12.0. The largest absolute Gasteiger partial charge is 0.354 e. The van der Waals surface area contributed by atoms with Crippen molar-refractivity contribution in [3.63, 3.8) is 0 Å². The van der Waals surface area contributed by atoms with Crippen molar-refractivity contribution in [3.05, 3.63) is 60.1 Å². The molecule has 98 valence electrons. The number of hydrogen-bond donors (Lipinski definition) is 1. The molecule has 2 heteroatoms. The van der Waals surface area contributed by atoms with Crippen molar-refractivity contribution in [3.8, 4) is 0 Å². The summed E-state index contributed by atoms with van der Waals surface area (Å²) in [6.07, 6.45) is 7.49. The summed E-state index contributed by atoms with van der Waals surface area (Å²) in [5, 5.41) is 2.38. The quantitative estimate of drug-likeness (QED) is 0.606. The predicted molar refractivity (Wildman–Crippen MR) is 94.0 cm³/mol. The second-order valence-electron chi connectivity index (χ2n) is 4.54. The fourth-order valence-corrected chi connectivity index (χ4v) is 3.69. The number of thiophene rings is 1. The van der Waals surface area contributed by atoms with Crippen molar-refractivity contribution in [1.29, 1.82) is 0 Å². The lowest BCUT2D eigenvalue weighted by Crippen LogP contribution is -1.74. The van der Waals surface area contributed by atoms with E-state index in [-0.39, 0.29) is 0 Å². The highest BCUT2D eigenvalue weighted by atomic mass is 32.1. The average Bonchev–Trinajstić information content (AvgIpc) is 3.00. The van der Waals surface area contributed by atoms with Gasteiger partial charge in [-0.3, -0.25) is 0 Å². The molecule has 0 unspecified atom stereocenters. The second kappa shape index (κ2) is 4.66. The Kier molecular flexibility index (Phi) is 2.96. The average molecular weight is 277 g/mol. The molecule has 0 saturated heterocycles. The first kappa shape index (κ1) is 12.7. The zero-order valence-electron chi connectivity index (χ0n) is 11.2. The molecule has 2 aromatic heterocycles. The summed E-state index contributed by atoms with van der Waals surface area (Å²) >= 11 is 1.73. The Morgan fingerprint density at radius 1 is 0.850 bits per heavy atom. The van der Waals surface area contributed by atoms with Gasteiger partial charge in [0, 0.05) is 37.1 Å². The van der Waals surface area contributed by atoms with Crippen LogP contribution in [0.15, 0.2) is 38.4 Å². The highest BCUT2D eigenvalue weighted by Gasteiger charge is 2.12. The number of rotatable bonds is 4. The lowest BCUT2D eigenvalue weighted by atomic mass is 10.1. The molecule has 2 heterocycles. The van der Waals surface area contributed by atoms with Crippen LogP contribution in [-0.2, 0) is 0 Å². The van der Waals surface area contributed by atoms with E-state index in [1.54, 1.807) is 11.3 Å². The molecule has 0 aliphatic rings. The summed E-state index contributed by atoms with van der Waals surface area (Å²) in [6, 6.07) is 4.38. The van der Waals surface area contributed by atoms with Crippen LogP contribution in [-0.4, -0.2) is 4.98 Å². The first-order chi connectivity index (χ1) is 9.73. The van der Waals surface area contributed by atoms with Crippen LogP contribution < -0.4 is 0 Å². The maximum Gasteiger partial charge on any atom is 0.0479 e. The smallest absolute Gasteiger partial charge is 0.0479 e. The molecule has 0 aliphatic carbocycles. The minimum atomic E-state index is 1.01. The molecule has 0 saturated carbocycles. The van der Waals surface area contributed by atoms with E-state index in [4.69, 9.17) is 0 Å². The van der Waals surface area contributed by atoms with E-state index >= 15 is 0 Å². The lowest BCUT2D eigenvalue weighted by Gasteiger charge is -1.96. The molecule has 3 aromatic rings. The van der Waals surface area contributed by atoms with Gasteiger partial charge < -0.3 is 4.98 Å². The maximum atomic E-state index is 3.92. The molecular formula is C18H15NS. The van der Waals surface area contributed by atoms with Gasteiger partial charge in [0.1, 0.15) is 0 Å². The number of nitrogens with one attached hydrogen (secondary N) is 1. The molecule has 0 amide bonds. The highest BCUT2D eigenvalue weighted by Crippen LogP contribution is 2.37. The number of H-pyrrole nitrogens is 1. The molecule has 3 rings (SSSR count). The van der Waals surface area contributed by atoms with Gasteiger partial charge >= 0.3 is 0 Å². The Bertz CT molecular complexity index is 804. The molecule has 0 atom stereocenters. The molecular weight excluding hydrogens is 262 g/mol. The summed E-state index contributed by atoms with van der Waals surface area (Å²) in [6.45, 7) is 15.6. The fourth-order valence-electron chi connectivity index (χ4n) is 2.61. The van der Waals surface area contributed by atoms with Crippen LogP contribution in [0.5, 0.6) is 0 Å². The Morgan fingerprint density at radius 2 is 1.60 bits per heavy atom. The van der Waals surface area contributed by atoms with Crippen LogP contribution in [0.4, 0.5) is 0 Å². The van der Waals surface area contributed by atoms with Crippen molar-refractivity contribution < 1.29 is 0 Å². The molecule has 0 aliphatic heterocycles. The van der Waals surface area contributed by atoms with Crippen LogP contribution in [0.1, 0.15) is 21.7 Å². The molecule has 20 heavy (non-hydrogen) atoms. The van der Waals surface area contributed by atoms with E-state index < -0.39 is 0 Å². The number of aromatic amines is 1. The van der Waals surface area contributed by atoms with Crippen molar-refractivity contribution in [2.75, 3.05) is 0 Å². The first-order valence-electron chi connectivity index (χ1n) is 6.35. The number of benzene rings is 1. The normalized spacial score (nSPS) is 10.8. The highest BCUT2D eigenvalue weighted by molar-refractivity contribution is 7.20. The lowest BCUT2D eigenvalue weighted by molar-refractivity contribution is 1.43. The second-order valence-corrected chi connectivity index (χ2v) is 5.63. The summed E-state index contributed by atoms with van der Waals surface area (Å²) in [7, 11) is 0. The third-order valence-electron chi connectivity index (χ3n) is 3.54. The van der Waals surface area contributed by atoms with Crippen molar-refractivity contribution in [1.82, 2.24) is 4.98 Å². The summed E-state index contributed by atoms with van der Waals surface area (Å²) in [4.78, 5) is 4.55. The molecule has 0 radical (unpaired) electrons. The standard InChI is InChI=1S/C18H15NS/c1-5-11-13-9-14-12(6-2)17(8-4)20-18(14)10-16(13)19-15(11)7-3/h5-10,19H,1-4H2. The molecule has 0 fully saturated rings. The van der Waals surface area contributed by atoms with Gasteiger partial charge in [0.15, 0.2) is 0 Å². The van der Waals surface area contributed by atoms with Gasteiger partial charge in [-0.05, 0) is 23.8 Å². The Morgan fingerprint density at radius 3 is 2.20 bits per heavy atom. The first-order valence-corrected chi connectivity index (χ1v) is 7.17. The van der Waals surface area contributed by atoms with Gasteiger partial charge in [0.25, 0.3) is 0 Å². The van der Waals surface area contributed by atoms with Gasteiger partial charge in [0.05, 0.1) is 0 Å². The van der Waals surface area contributed by atoms with Gasteiger partial charge in [0.2, 0.25) is 0 Å². The minimum absolute atomic E-state index is 1.01. The van der Waals surface area contributed by atoms with Crippen LogP contribution >= 0.6 is 11.3 Å². The number of aromatic nitrogens is 1. The number of hydrogen-bond acceptors (Lipinski definition) is 1. The molecule has 1 nitrogen and oxygen atoms in total.